The van der Waals surface area contributed by atoms with Gasteiger partial charge in [0.15, 0.2) is 0 Å². The Labute approximate surface area is 193 Å². The van der Waals surface area contributed by atoms with E-state index in [4.69, 9.17) is 11.6 Å². The van der Waals surface area contributed by atoms with Gasteiger partial charge >= 0.3 is 0 Å². The van der Waals surface area contributed by atoms with Crippen LogP contribution in [0.4, 0.5) is 5.69 Å². The highest BCUT2D eigenvalue weighted by molar-refractivity contribution is 6.30. The summed E-state index contributed by atoms with van der Waals surface area (Å²) in [5, 5.41) is 8.96. The van der Waals surface area contributed by atoms with Crippen LogP contribution in [0.3, 0.4) is 0 Å². The second-order valence-electron chi connectivity index (χ2n) is 8.29. The monoisotopic (exact) mass is 449 g/mol. The van der Waals surface area contributed by atoms with E-state index in [2.05, 4.69) is 15.5 Å². The molecule has 0 unspecified atom stereocenters. The highest BCUT2D eigenvalue weighted by Crippen LogP contribution is 2.23. The standard InChI is InChI=1S/C26H28ClN3O2/c27-22-10-8-19(9-11-22)12-15-28-26(32)21-13-16-30(17-14-21)18-25(31)29-24-7-3-5-20-4-1-2-6-23(20)24/h1-11,21H,12-18H2,(H,28,32)(H,29,31). The van der Waals surface area contributed by atoms with E-state index in [1.807, 2.05) is 66.7 Å². The summed E-state index contributed by atoms with van der Waals surface area (Å²) >= 11 is 5.91. The lowest BCUT2D eigenvalue weighted by atomic mass is 9.96. The number of halogens is 1. The summed E-state index contributed by atoms with van der Waals surface area (Å²) in [6.07, 6.45) is 2.33. The van der Waals surface area contributed by atoms with Gasteiger partial charge in [0, 0.05) is 28.6 Å². The van der Waals surface area contributed by atoms with Crippen LogP contribution in [0, 0.1) is 5.92 Å². The Hall–Kier alpha value is -2.89. The minimum atomic E-state index is -0.0211. The van der Waals surface area contributed by atoms with Crippen LogP contribution in [-0.4, -0.2) is 42.9 Å². The first-order chi connectivity index (χ1) is 15.6. The lowest BCUT2D eigenvalue weighted by molar-refractivity contribution is -0.126. The van der Waals surface area contributed by atoms with Gasteiger partial charge in [-0.25, -0.2) is 0 Å². The number of benzene rings is 3. The Morgan fingerprint density at radius 3 is 2.44 bits per heavy atom. The van der Waals surface area contributed by atoms with E-state index < -0.39 is 0 Å². The molecule has 5 nitrogen and oxygen atoms in total. The maximum absolute atomic E-state index is 12.6. The highest BCUT2D eigenvalue weighted by Gasteiger charge is 2.25. The van der Waals surface area contributed by atoms with E-state index in [1.54, 1.807) is 0 Å². The molecule has 1 aliphatic heterocycles. The Bertz CT molecular complexity index is 1070. The van der Waals surface area contributed by atoms with Crippen molar-refractivity contribution in [3.05, 3.63) is 77.3 Å². The van der Waals surface area contributed by atoms with Crippen molar-refractivity contribution in [1.82, 2.24) is 10.2 Å². The van der Waals surface area contributed by atoms with E-state index in [0.717, 1.165) is 59.4 Å². The zero-order chi connectivity index (χ0) is 22.3. The second-order valence-corrected chi connectivity index (χ2v) is 8.73. The first-order valence-electron chi connectivity index (χ1n) is 11.1. The fourth-order valence-electron chi connectivity index (χ4n) is 4.21. The summed E-state index contributed by atoms with van der Waals surface area (Å²) in [7, 11) is 0. The van der Waals surface area contributed by atoms with Gasteiger partial charge in [0.05, 0.1) is 6.54 Å². The fourth-order valence-corrected chi connectivity index (χ4v) is 4.33. The van der Waals surface area contributed by atoms with Crippen LogP contribution < -0.4 is 10.6 Å². The molecule has 0 atom stereocenters. The van der Waals surface area contributed by atoms with E-state index >= 15 is 0 Å². The molecule has 0 aromatic heterocycles. The van der Waals surface area contributed by atoms with Crippen molar-refractivity contribution in [2.75, 3.05) is 31.5 Å². The summed E-state index contributed by atoms with van der Waals surface area (Å²) in [5.74, 6) is 0.101. The predicted octanol–water partition coefficient (Wildman–Crippen LogP) is 4.50. The molecule has 166 valence electrons. The van der Waals surface area contributed by atoms with Crippen molar-refractivity contribution in [2.45, 2.75) is 19.3 Å². The van der Waals surface area contributed by atoms with Gasteiger partial charge < -0.3 is 10.6 Å². The number of hydrogen-bond acceptors (Lipinski definition) is 3. The molecule has 1 saturated heterocycles. The third kappa shape index (κ3) is 5.87. The lowest BCUT2D eigenvalue weighted by Crippen LogP contribution is -2.43. The van der Waals surface area contributed by atoms with Crippen LogP contribution in [0.25, 0.3) is 10.8 Å². The number of amides is 2. The van der Waals surface area contributed by atoms with Crippen LogP contribution in [-0.2, 0) is 16.0 Å². The largest absolute Gasteiger partial charge is 0.356 e. The van der Waals surface area contributed by atoms with Crippen LogP contribution in [0.1, 0.15) is 18.4 Å². The number of rotatable bonds is 7. The van der Waals surface area contributed by atoms with Crippen molar-refractivity contribution < 1.29 is 9.59 Å². The fraction of sp³-hybridized carbons (Fsp3) is 0.308. The third-order valence-electron chi connectivity index (χ3n) is 6.02. The quantitative estimate of drug-likeness (QED) is 0.558. The summed E-state index contributed by atoms with van der Waals surface area (Å²) in [6, 6.07) is 21.6. The second kappa shape index (κ2) is 10.6. The number of anilines is 1. The van der Waals surface area contributed by atoms with Crippen LogP contribution >= 0.6 is 11.6 Å². The molecule has 1 fully saturated rings. The molecule has 4 rings (SSSR count). The van der Waals surface area contributed by atoms with Gasteiger partial charge in [-0.1, -0.05) is 60.1 Å². The topological polar surface area (TPSA) is 61.4 Å². The molecule has 3 aromatic carbocycles. The number of nitrogens with one attached hydrogen (secondary N) is 2. The van der Waals surface area contributed by atoms with Crippen molar-refractivity contribution in [1.29, 1.82) is 0 Å². The molecule has 0 bridgehead atoms. The van der Waals surface area contributed by atoms with Crippen LogP contribution in [0.2, 0.25) is 5.02 Å². The highest BCUT2D eigenvalue weighted by atomic mass is 35.5. The first-order valence-corrected chi connectivity index (χ1v) is 11.5. The molecule has 3 aromatic rings. The lowest BCUT2D eigenvalue weighted by Gasteiger charge is -2.30. The van der Waals surface area contributed by atoms with Gasteiger partial charge in [-0.2, -0.15) is 0 Å². The van der Waals surface area contributed by atoms with E-state index in [0.29, 0.717) is 13.1 Å². The van der Waals surface area contributed by atoms with E-state index in [9.17, 15) is 9.59 Å². The SMILES string of the molecule is O=C(CN1CCC(C(=O)NCCc2ccc(Cl)cc2)CC1)Nc1cccc2ccccc12. The summed E-state index contributed by atoms with van der Waals surface area (Å²) in [6.45, 7) is 2.46. The molecule has 1 heterocycles. The molecular weight excluding hydrogens is 422 g/mol. The minimum Gasteiger partial charge on any atom is -0.356 e. The summed E-state index contributed by atoms with van der Waals surface area (Å²) < 4.78 is 0. The van der Waals surface area contributed by atoms with Crippen molar-refractivity contribution >= 4 is 39.9 Å². The molecule has 0 radical (unpaired) electrons. The maximum atomic E-state index is 12.6. The molecule has 0 spiro atoms. The molecule has 0 saturated carbocycles. The molecule has 0 aliphatic carbocycles. The number of hydrogen-bond donors (Lipinski definition) is 2. The minimum absolute atomic E-state index is 0.0117. The van der Waals surface area contributed by atoms with Gasteiger partial charge in [-0.05, 0) is 61.5 Å². The Balaban J connectivity index is 1.20. The number of piperidine rings is 1. The number of nitrogens with zero attached hydrogens (tertiary/aromatic N) is 1. The van der Waals surface area contributed by atoms with Gasteiger partial charge in [-0.3, -0.25) is 14.5 Å². The first kappa shape index (κ1) is 22.3. The molecule has 2 N–H and O–H groups in total. The molecule has 32 heavy (non-hydrogen) atoms. The van der Waals surface area contributed by atoms with Crippen LogP contribution in [0.15, 0.2) is 66.7 Å². The zero-order valence-electron chi connectivity index (χ0n) is 18.0. The Morgan fingerprint density at radius 1 is 0.938 bits per heavy atom. The average molecular weight is 450 g/mol. The number of fused-ring (bicyclic) bond motifs is 1. The van der Waals surface area contributed by atoms with E-state index in [1.165, 1.54) is 0 Å². The Kier molecular flexibility index (Phi) is 7.40. The Morgan fingerprint density at radius 2 is 1.66 bits per heavy atom. The summed E-state index contributed by atoms with van der Waals surface area (Å²) in [5.41, 5.74) is 1.99. The average Bonchev–Trinajstić information content (AvgIpc) is 2.81. The molecular formula is C26H28ClN3O2. The van der Waals surface area contributed by atoms with Gasteiger partial charge in [0.25, 0.3) is 0 Å². The smallest absolute Gasteiger partial charge is 0.238 e. The summed E-state index contributed by atoms with van der Waals surface area (Å²) in [4.78, 5) is 27.2. The van der Waals surface area contributed by atoms with Crippen molar-refractivity contribution in [2.24, 2.45) is 5.92 Å². The predicted molar refractivity (Wildman–Crippen MR) is 130 cm³/mol. The van der Waals surface area contributed by atoms with E-state index in [-0.39, 0.29) is 17.7 Å². The number of carbonyl (C=O) groups excluding carboxylic acids is 2. The van der Waals surface area contributed by atoms with Crippen molar-refractivity contribution in [3.63, 3.8) is 0 Å². The van der Waals surface area contributed by atoms with Gasteiger partial charge in [0.2, 0.25) is 11.8 Å². The molecule has 6 heteroatoms. The number of likely N-dealkylation sites (tertiary alicyclic amines) is 1. The zero-order valence-corrected chi connectivity index (χ0v) is 18.8. The van der Waals surface area contributed by atoms with Gasteiger partial charge in [-0.15, -0.1) is 0 Å². The number of carbonyl (C=O) groups is 2. The van der Waals surface area contributed by atoms with Crippen molar-refractivity contribution in [3.8, 4) is 0 Å². The molecule has 2 amide bonds. The molecule has 1 aliphatic rings. The normalized spacial score (nSPS) is 14.9. The maximum Gasteiger partial charge on any atom is 0.238 e. The third-order valence-corrected chi connectivity index (χ3v) is 6.27. The van der Waals surface area contributed by atoms with Crippen LogP contribution in [0.5, 0.6) is 0 Å². The van der Waals surface area contributed by atoms with Gasteiger partial charge in [0.1, 0.15) is 0 Å².